The zero-order valence-corrected chi connectivity index (χ0v) is 9.58. The largest absolute Gasteiger partial charge is 0.475 e. The van der Waals surface area contributed by atoms with E-state index in [2.05, 4.69) is 25.9 Å². The molecule has 0 atom stereocenters. The fourth-order valence-electron chi connectivity index (χ4n) is 1.16. The van der Waals surface area contributed by atoms with Crippen molar-refractivity contribution in [2.75, 3.05) is 0 Å². The number of aromatic nitrogens is 2. The third-order valence-electron chi connectivity index (χ3n) is 1.80. The molecule has 0 aliphatic rings. The van der Waals surface area contributed by atoms with Gasteiger partial charge < -0.3 is 5.11 Å². The average molecular weight is 288 g/mol. The van der Waals surface area contributed by atoms with E-state index in [-0.39, 0.29) is 11.0 Å². The van der Waals surface area contributed by atoms with Crippen LogP contribution >= 0.6 is 27.5 Å². The van der Waals surface area contributed by atoms with Crippen LogP contribution in [0.15, 0.2) is 22.7 Å². The molecular formula is C9H4BrClN2O2. The highest BCUT2D eigenvalue weighted by molar-refractivity contribution is 9.10. The van der Waals surface area contributed by atoms with Gasteiger partial charge in [0.05, 0.1) is 5.52 Å². The van der Waals surface area contributed by atoms with Gasteiger partial charge in [-0.3, -0.25) is 0 Å². The first-order valence-electron chi connectivity index (χ1n) is 3.94. The summed E-state index contributed by atoms with van der Waals surface area (Å²) in [5.41, 5.74) is 0.502. The highest BCUT2D eigenvalue weighted by atomic mass is 79.9. The Balaban J connectivity index is 2.79. The molecule has 1 heterocycles. The second-order valence-corrected chi connectivity index (χ2v) is 4.08. The third-order valence-corrected chi connectivity index (χ3v) is 2.59. The minimum absolute atomic E-state index is 0.143. The molecule has 0 amide bonds. The quantitative estimate of drug-likeness (QED) is 0.819. The average Bonchev–Trinajstić information content (AvgIpc) is 2.16. The van der Waals surface area contributed by atoms with Crippen LogP contribution in [-0.2, 0) is 0 Å². The van der Waals surface area contributed by atoms with E-state index in [1.54, 1.807) is 18.2 Å². The van der Waals surface area contributed by atoms with E-state index >= 15 is 0 Å². The van der Waals surface area contributed by atoms with Gasteiger partial charge in [0.2, 0.25) is 5.82 Å². The summed E-state index contributed by atoms with van der Waals surface area (Å²) in [7, 11) is 0. The van der Waals surface area contributed by atoms with Gasteiger partial charge in [-0.2, -0.15) is 0 Å². The lowest BCUT2D eigenvalue weighted by atomic mass is 10.2. The van der Waals surface area contributed by atoms with Crippen LogP contribution in [0.1, 0.15) is 10.6 Å². The number of nitrogens with zero attached hydrogens (tertiary/aromatic N) is 2. The molecule has 0 fully saturated rings. The van der Waals surface area contributed by atoms with E-state index in [4.69, 9.17) is 16.7 Å². The summed E-state index contributed by atoms with van der Waals surface area (Å²) in [5.74, 6) is -1.50. The Morgan fingerprint density at radius 2 is 2.13 bits per heavy atom. The maximum Gasteiger partial charge on any atom is 0.374 e. The number of benzene rings is 1. The zero-order valence-electron chi connectivity index (χ0n) is 7.24. The van der Waals surface area contributed by atoms with Crippen molar-refractivity contribution in [1.82, 2.24) is 9.97 Å². The molecule has 1 aromatic heterocycles. The molecular weight excluding hydrogens is 283 g/mol. The number of carboxylic acid groups (broad SMARTS) is 1. The predicted molar refractivity (Wildman–Crippen MR) is 59.2 cm³/mol. The Bertz CT molecular complexity index is 559. The van der Waals surface area contributed by atoms with Crippen LogP contribution in [0.5, 0.6) is 0 Å². The normalized spacial score (nSPS) is 10.5. The number of fused-ring (bicyclic) bond motifs is 1. The van der Waals surface area contributed by atoms with Crippen LogP contribution in [0, 0.1) is 0 Å². The number of hydrogen-bond donors (Lipinski definition) is 1. The van der Waals surface area contributed by atoms with Gasteiger partial charge in [0.1, 0.15) is 5.15 Å². The minimum Gasteiger partial charge on any atom is -0.475 e. The molecule has 76 valence electrons. The molecule has 0 aliphatic carbocycles. The monoisotopic (exact) mass is 286 g/mol. The van der Waals surface area contributed by atoms with Crippen molar-refractivity contribution in [1.29, 1.82) is 0 Å². The van der Waals surface area contributed by atoms with Crippen LogP contribution in [0.4, 0.5) is 0 Å². The molecule has 6 heteroatoms. The molecule has 0 radical (unpaired) electrons. The van der Waals surface area contributed by atoms with E-state index in [0.717, 1.165) is 4.47 Å². The molecule has 1 aromatic carbocycles. The summed E-state index contributed by atoms with van der Waals surface area (Å²) in [4.78, 5) is 18.2. The standard InChI is InChI=1S/C9H4BrClN2O2/c10-4-1-2-5-6(3-4)12-8(9(14)15)13-7(5)11/h1-3H,(H,14,15). The molecule has 0 aliphatic heterocycles. The predicted octanol–water partition coefficient (Wildman–Crippen LogP) is 2.74. The number of aromatic carboxylic acids is 1. The number of halogens is 2. The van der Waals surface area contributed by atoms with Gasteiger partial charge in [-0.25, -0.2) is 14.8 Å². The first-order valence-corrected chi connectivity index (χ1v) is 5.11. The summed E-state index contributed by atoms with van der Waals surface area (Å²) in [6.45, 7) is 0. The number of rotatable bonds is 1. The number of carbonyl (C=O) groups is 1. The Hall–Kier alpha value is -1.20. The zero-order chi connectivity index (χ0) is 11.0. The van der Waals surface area contributed by atoms with Crippen LogP contribution < -0.4 is 0 Å². The fourth-order valence-corrected chi connectivity index (χ4v) is 1.75. The third kappa shape index (κ3) is 1.93. The molecule has 0 bridgehead atoms. The Kier molecular flexibility index (Phi) is 2.58. The first-order chi connectivity index (χ1) is 7.08. The summed E-state index contributed by atoms with van der Waals surface area (Å²) < 4.78 is 0.807. The molecule has 1 N–H and O–H groups in total. The van der Waals surface area contributed by atoms with Crippen molar-refractivity contribution in [3.8, 4) is 0 Å². The summed E-state index contributed by atoms with van der Waals surface area (Å²) >= 11 is 9.10. The van der Waals surface area contributed by atoms with Crippen molar-refractivity contribution in [3.63, 3.8) is 0 Å². The Labute approximate surface area is 98.0 Å². The van der Waals surface area contributed by atoms with Crippen molar-refractivity contribution in [2.45, 2.75) is 0 Å². The van der Waals surface area contributed by atoms with Crippen molar-refractivity contribution >= 4 is 44.4 Å². The van der Waals surface area contributed by atoms with Gasteiger partial charge in [-0.05, 0) is 18.2 Å². The van der Waals surface area contributed by atoms with Gasteiger partial charge >= 0.3 is 5.97 Å². The highest BCUT2D eigenvalue weighted by Crippen LogP contribution is 2.23. The fraction of sp³-hybridized carbons (Fsp3) is 0. The Morgan fingerprint density at radius 3 is 2.80 bits per heavy atom. The van der Waals surface area contributed by atoms with Crippen LogP contribution in [-0.4, -0.2) is 21.0 Å². The van der Waals surface area contributed by atoms with Crippen LogP contribution in [0.2, 0.25) is 5.15 Å². The molecule has 2 rings (SSSR count). The SMILES string of the molecule is O=C(O)c1nc(Cl)c2ccc(Br)cc2n1. The summed E-state index contributed by atoms with van der Waals surface area (Å²) in [6, 6.07) is 5.21. The van der Waals surface area contributed by atoms with Gasteiger partial charge in [0, 0.05) is 9.86 Å². The molecule has 0 unspecified atom stereocenters. The molecule has 15 heavy (non-hydrogen) atoms. The van der Waals surface area contributed by atoms with Gasteiger partial charge in [0.25, 0.3) is 0 Å². The molecule has 4 nitrogen and oxygen atoms in total. The lowest BCUT2D eigenvalue weighted by molar-refractivity contribution is 0.0684. The van der Waals surface area contributed by atoms with E-state index < -0.39 is 5.97 Å². The van der Waals surface area contributed by atoms with Gasteiger partial charge in [-0.1, -0.05) is 27.5 Å². The first kappa shape index (κ1) is 10.3. The smallest absolute Gasteiger partial charge is 0.374 e. The second kappa shape index (κ2) is 3.75. The van der Waals surface area contributed by atoms with E-state index in [9.17, 15) is 4.79 Å². The topological polar surface area (TPSA) is 63.1 Å². The highest BCUT2D eigenvalue weighted by Gasteiger charge is 2.11. The number of hydrogen-bond acceptors (Lipinski definition) is 3. The lowest BCUT2D eigenvalue weighted by Crippen LogP contribution is -2.04. The second-order valence-electron chi connectivity index (χ2n) is 2.80. The molecule has 2 aromatic rings. The summed E-state index contributed by atoms with van der Waals surface area (Å²) in [5, 5.41) is 9.52. The molecule has 0 spiro atoms. The van der Waals surface area contributed by atoms with E-state index in [0.29, 0.717) is 10.9 Å². The van der Waals surface area contributed by atoms with E-state index in [1.807, 2.05) is 0 Å². The molecule has 0 saturated heterocycles. The van der Waals surface area contributed by atoms with Crippen molar-refractivity contribution in [3.05, 3.63) is 33.6 Å². The van der Waals surface area contributed by atoms with Gasteiger partial charge in [0.15, 0.2) is 0 Å². The van der Waals surface area contributed by atoms with Crippen LogP contribution in [0.3, 0.4) is 0 Å². The van der Waals surface area contributed by atoms with Crippen molar-refractivity contribution in [2.24, 2.45) is 0 Å². The van der Waals surface area contributed by atoms with Crippen LogP contribution in [0.25, 0.3) is 10.9 Å². The van der Waals surface area contributed by atoms with Gasteiger partial charge in [-0.15, -0.1) is 0 Å². The van der Waals surface area contributed by atoms with Crippen molar-refractivity contribution < 1.29 is 9.90 Å². The summed E-state index contributed by atoms with van der Waals surface area (Å²) in [6.07, 6.45) is 0. The Morgan fingerprint density at radius 1 is 1.40 bits per heavy atom. The number of carboxylic acids is 1. The lowest BCUT2D eigenvalue weighted by Gasteiger charge is -2.01. The minimum atomic E-state index is -1.20. The molecule has 0 saturated carbocycles. The maximum atomic E-state index is 10.7. The maximum absolute atomic E-state index is 10.7. The van der Waals surface area contributed by atoms with E-state index in [1.165, 1.54) is 0 Å².